The Morgan fingerprint density at radius 1 is 1.35 bits per heavy atom. The van der Waals surface area contributed by atoms with E-state index in [0.29, 0.717) is 10.9 Å². The molecule has 0 bridgehead atoms. The second-order valence-electron chi connectivity index (χ2n) is 5.88. The van der Waals surface area contributed by atoms with Crippen LogP contribution in [0, 0.1) is 17.7 Å². The summed E-state index contributed by atoms with van der Waals surface area (Å²) in [5, 5.41) is 0.588. The summed E-state index contributed by atoms with van der Waals surface area (Å²) in [6.07, 6.45) is 7.31. The zero-order valence-corrected chi connectivity index (χ0v) is 12.8. The first-order valence-electron chi connectivity index (χ1n) is 7.56. The van der Waals surface area contributed by atoms with Gasteiger partial charge in [-0.2, -0.15) is 0 Å². The molecule has 20 heavy (non-hydrogen) atoms. The van der Waals surface area contributed by atoms with Gasteiger partial charge in [-0.3, -0.25) is 11.3 Å². The third-order valence-electron chi connectivity index (χ3n) is 4.53. The Balaban J connectivity index is 2.07. The summed E-state index contributed by atoms with van der Waals surface area (Å²) in [6, 6.07) is 4.45. The van der Waals surface area contributed by atoms with Crippen molar-refractivity contribution in [2.24, 2.45) is 17.7 Å². The first kappa shape index (κ1) is 15.7. The van der Waals surface area contributed by atoms with Crippen LogP contribution in [0.25, 0.3) is 0 Å². The van der Waals surface area contributed by atoms with Gasteiger partial charge < -0.3 is 0 Å². The fourth-order valence-corrected chi connectivity index (χ4v) is 3.69. The fraction of sp³-hybridized carbons (Fsp3) is 0.625. The monoisotopic (exact) mass is 298 g/mol. The number of hydrogen-bond acceptors (Lipinski definition) is 2. The molecule has 0 aromatic heterocycles. The lowest BCUT2D eigenvalue weighted by molar-refractivity contribution is 0.215. The highest BCUT2D eigenvalue weighted by Gasteiger charge is 2.29. The SMILES string of the molecule is CCCC1CCC(C(NN)c2cc(F)ccc2Cl)CC1. The van der Waals surface area contributed by atoms with Crippen molar-refractivity contribution < 1.29 is 4.39 Å². The second-order valence-corrected chi connectivity index (χ2v) is 6.29. The highest BCUT2D eigenvalue weighted by molar-refractivity contribution is 6.31. The molecule has 0 saturated heterocycles. The molecule has 3 N–H and O–H groups in total. The maximum atomic E-state index is 13.4. The summed E-state index contributed by atoms with van der Waals surface area (Å²) in [6.45, 7) is 2.24. The molecule has 0 heterocycles. The van der Waals surface area contributed by atoms with Crippen LogP contribution in [0.3, 0.4) is 0 Å². The Morgan fingerprint density at radius 3 is 2.65 bits per heavy atom. The van der Waals surface area contributed by atoms with Crippen LogP contribution in [0.15, 0.2) is 18.2 Å². The molecule has 112 valence electrons. The van der Waals surface area contributed by atoms with Crippen LogP contribution < -0.4 is 11.3 Å². The molecular formula is C16H24ClFN2. The van der Waals surface area contributed by atoms with Crippen LogP contribution in [0.5, 0.6) is 0 Å². The third kappa shape index (κ3) is 3.72. The van der Waals surface area contributed by atoms with Crippen LogP contribution >= 0.6 is 11.6 Å². The third-order valence-corrected chi connectivity index (χ3v) is 4.88. The standard InChI is InChI=1S/C16H24ClFN2/c1-2-3-11-4-6-12(7-5-11)16(20-19)14-10-13(18)8-9-15(14)17/h8-12,16,20H,2-7,19H2,1H3. The number of hydrogen-bond donors (Lipinski definition) is 2. The molecule has 1 atom stereocenters. The van der Waals surface area contributed by atoms with E-state index in [-0.39, 0.29) is 11.9 Å². The molecule has 4 heteroatoms. The van der Waals surface area contributed by atoms with E-state index >= 15 is 0 Å². The van der Waals surface area contributed by atoms with Crippen molar-refractivity contribution in [2.45, 2.75) is 51.5 Å². The summed E-state index contributed by atoms with van der Waals surface area (Å²) < 4.78 is 13.4. The Labute approximate surface area is 125 Å². The highest BCUT2D eigenvalue weighted by Crippen LogP contribution is 2.39. The minimum absolute atomic E-state index is 0.0548. The largest absolute Gasteiger partial charge is 0.271 e. The van der Waals surface area contributed by atoms with Crippen molar-refractivity contribution in [2.75, 3.05) is 0 Å². The van der Waals surface area contributed by atoms with Gasteiger partial charge in [0.05, 0.1) is 6.04 Å². The maximum absolute atomic E-state index is 13.4. The molecule has 0 radical (unpaired) electrons. The smallest absolute Gasteiger partial charge is 0.123 e. The lowest BCUT2D eigenvalue weighted by Gasteiger charge is -2.34. The van der Waals surface area contributed by atoms with Gasteiger partial charge in [0.25, 0.3) is 0 Å². The zero-order valence-electron chi connectivity index (χ0n) is 12.0. The number of benzene rings is 1. The van der Waals surface area contributed by atoms with E-state index in [1.165, 1.54) is 37.8 Å². The van der Waals surface area contributed by atoms with Crippen LogP contribution in [0.2, 0.25) is 5.02 Å². The molecule has 1 saturated carbocycles. The molecule has 0 amide bonds. The molecule has 1 fully saturated rings. The Bertz CT molecular complexity index is 430. The van der Waals surface area contributed by atoms with Gasteiger partial charge in [0.1, 0.15) is 5.82 Å². The Hall–Kier alpha value is -0.640. The lowest BCUT2D eigenvalue weighted by Crippen LogP contribution is -2.35. The Morgan fingerprint density at radius 2 is 2.05 bits per heavy atom. The summed E-state index contributed by atoms with van der Waals surface area (Å²) >= 11 is 6.21. The molecule has 1 aromatic carbocycles. The first-order chi connectivity index (χ1) is 9.65. The van der Waals surface area contributed by atoms with Crippen molar-refractivity contribution in [1.29, 1.82) is 0 Å². The van der Waals surface area contributed by atoms with Crippen molar-refractivity contribution in [3.8, 4) is 0 Å². The van der Waals surface area contributed by atoms with E-state index in [1.54, 1.807) is 6.07 Å². The van der Waals surface area contributed by atoms with Crippen LogP contribution in [0.4, 0.5) is 4.39 Å². The fourth-order valence-electron chi connectivity index (χ4n) is 3.45. The molecule has 1 aliphatic rings. The molecule has 0 aliphatic heterocycles. The molecule has 2 rings (SSSR count). The Kier molecular flexibility index (Phi) is 5.82. The predicted octanol–water partition coefficient (Wildman–Crippen LogP) is 4.59. The van der Waals surface area contributed by atoms with E-state index in [9.17, 15) is 4.39 Å². The molecule has 1 aromatic rings. The van der Waals surface area contributed by atoms with E-state index in [4.69, 9.17) is 17.4 Å². The minimum atomic E-state index is -0.260. The number of nitrogens with one attached hydrogen (secondary N) is 1. The topological polar surface area (TPSA) is 38.0 Å². The zero-order chi connectivity index (χ0) is 14.5. The van der Waals surface area contributed by atoms with Gasteiger partial charge in [-0.15, -0.1) is 0 Å². The number of hydrazine groups is 1. The molecular weight excluding hydrogens is 275 g/mol. The maximum Gasteiger partial charge on any atom is 0.123 e. The number of halogens is 2. The van der Waals surface area contributed by atoms with Crippen molar-refractivity contribution in [3.63, 3.8) is 0 Å². The average molecular weight is 299 g/mol. The van der Waals surface area contributed by atoms with E-state index < -0.39 is 0 Å². The normalized spacial score (nSPS) is 24.6. The summed E-state index contributed by atoms with van der Waals surface area (Å²) in [7, 11) is 0. The highest BCUT2D eigenvalue weighted by atomic mass is 35.5. The summed E-state index contributed by atoms with van der Waals surface area (Å²) in [5.74, 6) is 6.74. The van der Waals surface area contributed by atoms with E-state index in [0.717, 1.165) is 24.3 Å². The van der Waals surface area contributed by atoms with E-state index in [1.807, 2.05) is 0 Å². The number of nitrogens with two attached hydrogens (primary N) is 1. The van der Waals surface area contributed by atoms with E-state index in [2.05, 4.69) is 12.3 Å². The van der Waals surface area contributed by atoms with Crippen molar-refractivity contribution in [3.05, 3.63) is 34.6 Å². The van der Waals surface area contributed by atoms with Crippen LogP contribution in [-0.2, 0) is 0 Å². The summed E-state index contributed by atoms with van der Waals surface area (Å²) in [4.78, 5) is 0. The van der Waals surface area contributed by atoms with Gasteiger partial charge in [-0.05, 0) is 48.4 Å². The number of rotatable bonds is 5. The van der Waals surface area contributed by atoms with Crippen LogP contribution in [0.1, 0.15) is 57.1 Å². The molecule has 0 spiro atoms. The van der Waals surface area contributed by atoms with Gasteiger partial charge in [0, 0.05) is 5.02 Å². The van der Waals surface area contributed by atoms with Crippen LogP contribution in [-0.4, -0.2) is 0 Å². The second kappa shape index (κ2) is 7.39. The lowest BCUT2D eigenvalue weighted by atomic mass is 9.75. The molecule has 1 aliphatic carbocycles. The molecule has 2 nitrogen and oxygen atoms in total. The van der Waals surface area contributed by atoms with Gasteiger partial charge in [0.2, 0.25) is 0 Å². The minimum Gasteiger partial charge on any atom is -0.271 e. The van der Waals surface area contributed by atoms with Gasteiger partial charge in [-0.25, -0.2) is 4.39 Å². The predicted molar refractivity (Wildman–Crippen MR) is 81.8 cm³/mol. The van der Waals surface area contributed by atoms with Gasteiger partial charge >= 0.3 is 0 Å². The van der Waals surface area contributed by atoms with Crippen molar-refractivity contribution >= 4 is 11.6 Å². The van der Waals surface area contributed by atoms with Gasteiger partial charge in [0.15, 0.2) is 0 Å². The first-order valence-corrected chi connectivity index (χ1v) is 7.94. The average Bonchev–Trinajstić information content (AvgIpc) is 2.45. The quantitative estimate of drug-likeness (QED) is 0.616. The summed E-state index contributed by atoms with van der Waals surface area (Å²) in [5.41, 5.74) is 3.64. The van der Waals surface area contributed by atoms with Crippen molar-refractivity contribution in [1.82, 2.24) is 5.43 Å². The molecule has 1 unspecified atom stereocenters. The van der Waals surface area contributed by atoms with Gasteiger partial charge in [-0.1, -0.05) is 44.2 Å².